The van der Waals surface area contributed by atoms with Crippen molar-refractivity contribution >= 4 is 33.5 Å². The van der Waals surface area contributed by atoms with Crippen LogP contribution >= 0.6 is 0 Å². The second kappa shape index (κ2) is 8.78. The monoisotopic (exact) mass is 542 g/mol. The van der Waals surface area contributed by atoms with E-state index < -0.39 is 5.82 Å². The number of aromatic nitrogens is 3. The van der Waals surface area contributed by atoms with E-state index in [1.165, 1.54) is 30.1 Å². The number of nitrogens with zero attached hydrogens (tertiary/aromatic N) is 5. The molecule has 3 N–H and O–H groups in total. The van der Waals surface area contributed by atoms with E-state index in [0.717, 1.165) is 43.4 Å². The predicted octanol–water partition coefficient (Wildman–Crippen LogP) is 4.05. The van der Waals surface area contributed by atoms with Crippen LogP contribution < -0.4 is 10.6 Å². The maximum Gasteiger partial charge on any atom is 0.254 e. The molecule has 8 rings (SSSR count). The summed E-state index contributed by atoms with van der Waals surface area (Å²) < 4.78 is 20.0. The van der Waals surface area contributed by atoms with Crippen molar-refractivity contribution in [3.63, 3.8) is 0 Å². The van der Waals surface area contributed by atoms with Crippen molar-refractivity contribution < 1.29 is 14.3 Å². The van der Waals surface area contributed by atoms with Gasteiger partial charge in [-0.1, -0.05) is 12.1 Å². The summed E-state index contributed by atoms with van der Waals surface area (Å²) >= 11 is 0. The summed E-state index contributed by atoms with van der Waals surface area (Å²) in [4.78, 5) is 22.7. The highest BCUT2D eigenvalue weighted by molar-refractivity contribution is 6.00. The molecule has 0 spiro atoms. The largest absolute Gasteiger partial charge is 0.396 e. The van der Waals surface area contributed by atoms with E-state index in [9.17, 15) is 9.90 Å². The van der Waals surface area contributed by atoms with Gasteiger partial charge in [0.15, 0.2) is 5.82 Å². The van der Waals surface area contributed by atoms with Gasteiger partial charge in [0, 0.05) is 56.3 Å². The van der Waals surface area contributed by atoms with Gasteiger partial charge >= 0.3 is 0 Å². The quantitative estimate of drug-likeness (QED) is 0.384. The number of aryl methyl sites for hydroxylation is 1. The molecule has 2 aliphatic heterocycles. The van der Waals surface area contributed by atoms with Crippen LogP contribution in [-0.4, -0.2) is 68.4 Å². The standard InChI is InChI=1S/C31H35FN6O2/c1-35-29-21(32)12-20(31(40)37-15-19-8-9-23(37)27(19)33)13-22(29)34-30(35)25-14-18-4-2-5-24-28(18)38(25)26(17-6-7-17)16-36(24)10-3-11-39/h2,4-5,12-14,17,19,23,26-27,39H,3,6-11,15-16,33H2,1H3/t19-,23-,26+,27-/m1/s1. The molecular weight excluding hydrogens is 507 g/mol. The van der Waals surface area contributed by atoms with Gasteiger partial charge in [-0.25, -0.2) is 9.37 Å². The predicted molar refractivity (Wildman–Crippen MR) is 153 cm³/mol. The van der Waals surface area contributed by atoms with Gasteiger partial charge < -0.3 is 29.8 Å². The Morgan fingerprint density at radius 1 is 1.07 bits per heavy atom. The first-order valence-corrected chi connectivity index (χ1v) is 14.7. The molecule has 208 valence electrons. The van der Waals surface area contributed by atoms with Crippen LogP contribution in [0.5, 0.6) is 0 Å². The first-order chi connectivity index (χ1) is 19.4. The summed E-state index contributed by atoms with van der Waals surface area (Å²) in [6.45, 7) is 2.53. The van der Waals surface area contributed by atoms with Gasteiger partial charge in [-0.05, 0) is 68.2 Å². The lowest BCUT2D eigenvalue weighted by Gasteiger charge is -2.37. The number of fused-ring (bicyclic) bond motifs is 3. The van der Waals surface area contributed by atoms with Crippen LogP contribution in [0.15, 0.2) is 36.4 Å². The van der Waals surface area contributed by atoms with Crippen LogP contribution in [0.2, 0.25) is 0 Å². The van der Waals surface area contributed by atoms with Gasteiger partial charge in [-0.2, -0.15) is 0 Å². The molecule has 4 aromatic rings. The lowest BCUT2D eigenvalue weighted by molar-refractivity contribution is 0.0700. The number of halogens is 1. The fourth-order valence-electron chi connectivity index (χ4n) is 7.85. The zero-order valence-electron chi connectivity index (χ0n) is 22.8. The normalized spacial score (nSPS) is 25.6. The summed E-state index contributed by atoms with van der Waals surface area (Å²) in [6, 6.07) is 12.0. The molecule has 4 atom stereocenters. The van der Waals surface area contributed by atoms with E-state index in [0.29, 0.717) is 40.8 Å². The Kier molecular flexibility index (Phi) is 5.35. The number of carbonyl (C=O) groups excluding carboxylic acids is 1. The number of carbonyl (C=O) groups is 1. The zero-order chi connectivity index (χ0) is 27.3. The molecule has 2 aromatic carbocycles. The van der Waals surface area contributed by atoms with Gasteiger partial charge in [0.2, 0.25) is 0 Å². The van der Waals surface area contributed by atoms with Crippen molar-refractivity contribution in [2.45, 2.75) is 50.2 Å². The zero-order valence-corrected chi connectivity index (χ0v) is 22.8. The Balaban J connectivity index is 1.25. The Bertz CT molecular complexity index is 1670. The third-order valence-electron chi connectivity index (χ3n) is 9.98. The fourth-order valence-corrected chi connectivity index (χ4v) is 7.85. The molecule has 2 aliphatic carbocycles. The minimum Gasteiger partial charge on any atom is -0.396 e. The number of hydrogen-bond acceptors (Lipinski definition) is 5. The number of anilines is 1. The van der Waals surface area contributed by atoms with E-state index in [1.54, 1.807) is 6.07 Å². The van der Waals surface area contributed by atoms with Gasteiger partial charge in [-0.15, -0.1) is 0 Å². The summed E-state index contributed by atoms with van der Waals surface area (Å²) in [5.41, 5.74) is 10.9. The lowest BCUT2D eigenvalue weighted by Crippen LogP contribution is -2.41. The minimum atomic E-state index is -0.430. The molecule has 1 amide bonds. The number of hydrogen-bond donors (Lipinski definition) is 2. The smallest absolute Gasteiger partial charge is 0.254 e. The molecule has 9 heteroatoms. The summed E-state index contributed by atoms with van der Waals surface area (Å²) in [7, 11) is 1.86. The van der Waals surface area contributed by atoms with Crippen molar-refractivity contribution in [3.8, 4) is 11.5 Å². The highest BCUT2D eigenvalue weighted by Gasteiger charge is 2.47. The van der Waals surface area contributed by atoms with E-state index in [-0.39, 0.29) is 30.6 Å². The van der Waals surface area contributed by atoms with E-state index in [1.807, 2.05) is 16.5 Å². The molecule has 2 bridgehead atoms. The summed E-state index contributed by atoms with van der Waals surface area (Å²) in [6.07, 6.45) is 5.11. The van der Waals surface area contributed by atoms with Crippen LogP contribution in [0.1, 0.15) is 48.5 Å². The number of aliphatic hydroxyl groups excluding tert-OH is 1. The van der Waals surface area contributed by atoms with Crippen LogP contribution in [0.25, 0.3) is 33.5 Å². The highest BCUT2D eigenvalue weighted by Crippen LogP contribution is 2.49. The third-order valence-corrected chi connectivity index (χ3v) is 9.98. The van der Waals surface area contributed by atoms with E-state index >= 15 is 4.39 Å². The molecule has 1 saturated heterocycles. The summed E-state index contributed by atoms with van der Waals surface area (Å²) in [5, 5.41) is 10.6. The van der Waals surface area contributed by atoms with Gasteiger partial charge in [0.05, 0.1) is 28.5 Å². The molecule has 0 unspecified atom stereocenters. The number of likely N-dealkylation sites (tertiary alicyclic amines) is 1. The van der Waals surface area contributed by atoms with E-state index in [2.05, 4.69) is 33.7 Å². The Hall–Kier alpha value is -3.43. The highest BCUT2D eigenvalue weighted by atomic mass is 19.1. The molecule has 4 heterocycles. The first kappa shape index (κ1) is 24.4. The van der Waals surface area contributed by atoms with Crippen molar-refractivity contribution in [1.82, 2.24) is 19.0 Å². The van der Waals surface area contributed by atoms with Crippen molar-refractivity contribution in [3.05, 3.63) is 47.8 Å². The van der Waals surface area contributed by atoms with Gasteiger partial charge in [0.1, 0.15) is 11.3 Å². The SMILES string of the molecule is Cn1c(-c2cc3cccc4c3n2[C@H](C2CC2)CN4CCCO)nc2cc(C(=O)N3C[C@H]4CC[C@@H]3[C@@H]4N)cc(F)c21. The maximum absolute atomic E-state index is 15.7. The van der Waals surface area contributed by atoms with Crippen molar-refractivity contribution in [2.75, 3.05) is 31.1 Å². The van der Waals surface area contributed by atoms with Crippen LogP contribution in [0.3, 0.4) is 0 Å². The molecular formula is C31H35FN6O2. The number of imidazole rings is 1. The molecule has 8 nitrogen and oxygen atoms in total. The number of piperidine rings is 1. The van der Waals surface area contributed by atoms with Crippen LogP contribution in [-0.2, 0) is 7.05 Å². The number of aliphatic hydroxyl groups is 1. The first-order valence-electron chi connectivity index (χ1n) is 14.7. The Morgan fingerprint density at radius 3 is 2.62 bits per heavy atom. The minimum absolute atomic E-state index is 0.0170. The number of para-hydroxylation sites is 1. The Labute approximate surface area is 232 Å². The van der Waals surface area contributed by atoms with E-state index in [4.69, 9.17) is 10.7 Å². The average Bonchev–Trinajstić information content (AvgIpc) is 3.41. The molecule has 4 aliphatic rings. The number of nitrogens with two attached hydrogens (primary N) is 1. The molecule has 40 heavy (non-hydrogen) atoms. The second-order valence-electron chi connectivity index (χ2n) is 12.3. The maximum atomic E-state index is 15.7. The summed E-state index contributed by atoms with van der Waals surface area (Å²) in [5.74, 6) is 1.06. The molecule has 3 fully saturated rings. The van der Waals surface area contributed by atoms with Crippen LogP contribution in [0.4, 0.5) is 10.1 Å². The Morgan fingerprint density at radius 2 is 1.90 bits per heavy atom. The lowest BCUT2D eigenvalue weighted by atomic mass is 10.1. The number of amides is 1. The number of benzene rings is 2. The topological polar surface area (TPSA) is 92.5 Å². The van der Waals surface area contributed by atoms with Crippen molar-refractivity contribution in [2.24, 2.45) is 24.6 Å². The molecule has 0 radical (unpaired) electrons. The number of rotatable bonds is 6. The van der Waals surface area contributed by atoms with Crippen LogP contribution in [0, 0.1) is 17.7 Å². The average molecular weight is 543 g/mol. The van der Waals surface area contributed by atoms with Crippen molar-refractivity contribution in [1.29, 1.82) is 0 Å². The second-order valence-corrected chi connectivity index (χ2v) is 12.3. The molecule has 2 aromatic heterocycles. The third kappa shape index (κ3) is 3.43. The van der Waals surface area contributed by atoms with Gasteiger partial charge in [-0.3, -0.25) is 4.79 Å². The van der Waals surface area contributed by atoms with Gasteiger partial charge in [0.25, 0.3) is 5.91 Å². The fraction of sp³-hybridized carbons (Fsp3) is 0.484. The molecule has 2 saturated carbocycles.